The van der Waals surface area contributed by atoms with E-state index in [1.165, 1.54) is 23.1 Å². The Bertz CT molecular complexity index is 1240. The van der Waals surface area contributed by atoms with Crippen LogP contribution in [0.1, 0.15) is 11.3 Å². The lowest BCUT2D eigenvalue weighted by molar-refractivity contribution is -0.384. The Hall–Kier alpha value is -2.75. The molecular weight excluding hydrogens is 488 g/mol. The highest BCUT2D eigenvalue weighted by Crippen LogP contribution is 2.38. The lowest BCUT2D eigenvalue weighted by Crippen LogP contribution is -2.27. The number of furan rings is 1. The molecule has 0 unspecified atom stereocenters. The van der Waals surface area contributed by atoms with Crippen LogP contribution in [0, 0.1) is 17.0 Å². The van der Waals surface area contributed by atoms with Crippen molar-refractivity contribution < 1.29 is 14.1 Å². The highest BCUT2D eigenvalue weighted by Gasteiger charge is 2.34. The van der Waals surface area contributed by atoms with E-state index in [1.807, 2.05) is 31.2 Å². The van der Waals surface area contributed by atoms with Gasteiger partial charge in [0, 0.05) is 28.2 Å². The van der Waals surface area contributed by atoms with Gasteiger partial charge >= 0.3 is 0 Å². The summed E-state index contributed by atoms with van der Waals surface area (Å²) in [5.74, 6) is 0.833. The van der Waals surface area contributed by atoms with Crippen molar-refractivity contribution in [2.75, 3.05) is 4.90 Å². The Morgan fingerprint density at radius 2 is 2.00 bits per heavy atom. The first-order valence-corrected chi connectivity index (χ1v) is 10.7. The van der Waals surface area contributed by atoms with E-state index in [9.17, 15) is 14.9 Å². The maximum Gasteiger partial charge on any atom is 0.271 e. The first kappa shape index (κ1) is 20.5. The molecule has 0 bridgehead atoms. The van der Waals surface area contributed by atoms with Crippen LogP contribution in [0.3, 0.4) is 0 Å². The van der Waals surface area contributed by atoms with Gasteiger partial charge < -0.3 is 4.42 Å². The summed E-state index contributed by atoms with van der Waals surface area (Å²) >= 11 is 10.0. The summed E-state index contributed by atoms with van der Waals surface area (Å²) in [4.78, 5) is 25.1. The van der Waals surface area contributed by atoms with E-state index in [4.69, 9.17) is 16.6 Å². The van der Waals surface area contributed by atoms with Gasteiger partial charge in [0.25, 0.3) is 11.6 Å². The summed E-state index contributed by atoms with van der Waals surface area (Å²) in [6.45, 7) is 2.01. The largest absolute Gasteiger partial charge is 0.457 e. The Labute approximate surface area is 189 Å². The number of anilines is 1. The van der Waals surface area contributed by atoms with Gasteiger partial charge in [0.15, 0.2) is 4.32 Å². The molecule has 150 valence electrons. The van der Waals surface area contributed by atoms with Crippen molar-refractivity contribution in [1.82, 2.24) is 0 Å². The number of nitro groups is 1. The summed E-state index contributed by atoms with van der Waals surface area (Å²) in [6.07, 6.45) is 1.63. The third-order valence-electron chi connectivity index (χ3n) is 4.38. The fourth-order valence-electron chi connectivity index (χ4n) is 2.96. The molecule has 2 aromatic carbocycles. The van der Waals surface area contributed by atoms with Crippen LogP contribution in [-0.4, -0.2) is 15.2 Å². The second-order valence-corrected chi connectivity index (χ2v) is 9.01. The van der Waals surface area contributed by atoms with Crippen LogP contribution in [0.15, 0.2) is 68.4 Å². The van der Waals surface area contributed by atoms with Gasteiger partial charge in [-0.25, -0.2) is 0 Å². The van der Waals surface area contributed by atoms with Crippen LogP contribution in [0.5, 0.6) is 0 Å². The second kappa shape index (κ2) is 8.17. The van der Waals surface area contributed by atoms with Crippen molar-refractivity contribution in [3.63, 3.8) is 0 Å². The molecule has 0 atom stereocenters. The van der Waals surface area contributed by atoms with Gasteiger partial charge in [0.2, 0.25) is 0 Å². The topological polar surface area (TPSA) is 76.6 Å². The number of halogens is 1. The summed E-state index contributed by atoms with van der Waals surface area (Å²) in [5.41, 5.74) is 2.29. The number of nitrogens with zero attached hydrogens (tertiary/aromatic N) is 2. The van der Waals surface area contributed by atoms with Gasteiger partial charge in [-0.05, 0) is 42.8 Å². The average Bonchev–Trinajstić information content (AvgIpc) is 3.26. The van der Waals surface area contributed by atoms with Crippen LogP contribution in [0.25, 0.3) is 17.4 Å². The number of non-ortho nitro benzene ring substituents is 1. The summed E-state index contributed by atoms with van der Waals surface area (Å²) < 4.78 is 7.13. The molecule has 30 heavy (non-hydrogen) atoms. The molecule has 1 saturated heterocycles. The van der Waals surface area contributed by atoms with E-state index in [-0.39, 0.29) is 11.6 Å². The summed E-state index contributed by atoms with van der Waals surface area (Å²) in [5, 5.41) is 11.0. The number of nitro benzene ring substituents is 1. The number of hydrogen-bond donors (Lipinski definition) is 0. The SMILES string of the molecule is Cc1ccc(-c2ccc(/C=C3/SC(=S)N(c4cccc([N+](=O)[O-])c4)C3=O)o2)c(Br)c1. The number of aryl methyl sites for hydroxylation is 1. The number of carbonyl (C=O) groups is 1. The fraction of sp³-hybridized carbons (Fsp3) is 0.0476. The van der Waals surface area contributed by atoms with Crippen molar-refractivity contribution in [2.24, 2.45) is 0 Å². The minimum atomic E-state index is -0.509. The number of hydrogen-bond acceptors (Lipinski definition) is 6. The quantitative estimate of drug-likeness (QED) is 0.180. The summed E-state index contributed by atoms with van der Waals surface area (Å²) in [6, 6.07) is 15.4. The first-order valence-electron chi connectivity index (χ1n) is 8.72. The third-order valence-corrected chi connectivity index (χ3v) is 6.34. The Kier molecular flexibility index (Phi) is 5.59. The molecule has 1 fully saturated rings. The molecule has 1 aliphatic heterocycles. The molecule has 1 amide bonds. The molecule has 1 aliphatic rings. The van der Waals surface area contributed by atoms with Crippen molar-refractivity contribution in [3.8, 4) is 11.3 Å². The van der Waals surface area contributed by atoms with Crippen LogP contribution >= 0.6 is 39.9 Å². The van der Waals surface area contributed by atoms with Crippen molar-refractivity contribution in [1.29, 1.82) is 0 Å². The van der Waals surface area contributed by atoms with Crippen molar-refractivity contribution >= 4 is 67.6 Å². The molecule has 0 saturated carbocycles. The minimum absolute atomic E-state index is 0.107. The zero-order valence-electron chi connectivity index (χ0n) is 15.5. The van der Waals surface area contributed by atoms with Crippen LogP contribution in [0.4, 0.5) is 11.4 Å². The second-order valence-electron chi connectivity index (χ2n) is 6.48. The maximum absolute atomic E-state index is 12.9. The Balaban J connectivity index is 1.62. The number of thiocarbonyl (C=S) groups is 1. The number of thioether (sulfide) groups is 1. The fourth-order valence-corrected chi connectivity index (χ4v) is 4.93. The van der Waals surface area contributed by atoms with Crippen molar-refractivity contribution in [2.45, 2.75) is 6.92 Å². The van der Waals surface area contributed by atoms with Gasteiger partial charge in [-0.2, -0.15) is 0 Å². The Morgan fingerprint density at radius 3 is 2.73 bits per heavy atom. The van der Waals surface area contributed by atoms with Crippen LogP contribution < -0.4 is 4.90 Å². The summed E-state index contributed by atoms with van der Waals surface area (Å²) in [7, 11) is 0. The molecule has 3 aromatic rings. The maximum atomic E-state index is 12.9. The van der Waals surface area contributed by atoms with Gasteiger partial charge in [-0.1, -0.05) is 52.0 Å². The molecule has 2 heterocycles. The molecule has 0 N–H and O–H groups in total. The number of rotatable bonds is 4. The molecule has 0 aliphatic carbocycles. The standard InChI is InChI=1S/C21H13BrN2O4S2/c1-12-5-7-16(17(22)9-12)18-8-6-15(28-18)11-19-20(25)23(21(29)30-19)13-3-2-4-14(10-13)24(26)27/h2-11H,1H3/b19-11+. The molecule has 6 nitrogen and oxygen atoms in total. The smallest absolute Gasteiger partial charge is 0.271 e. The molecule has 0 spiro atoms. The molecule has 9 heteroatoms. The minimum Gasteiger partial charge on any atom is -0.457 e. The molecule has 4 rings (SSSR count). The lowest BCUT2D eigenvalue weighted by atomic mass is 10.1. The van der Waals surface area contributed by atoms with E-state index in [0.29, 0.717) is 26.4 Å². The monoisotopic (exact) mass is 500 g/mol. The van der Waals surface area contributed by atoms with E-state index in [1.54, 1.807) is 18.2 Å². The van der Waals surface area contributed by atoms with Crippen molar-refractivity contribution in [3.05, 3.63) is 85.4 Å². The van der Waals surface area contributed by atoms with E-state index in [0.717, 1.165) is 27.4 Å². The molecular formula is C21H13BrN2O4S2. The van der Waals surface area contributed by atoms with Gasteiger partial charge in [-0.3, -0.25) is 19.8 Å². The van der Waals surface area contributed by atoms with E-state index < -0.39 is 4.92 Å². The van der Waals surface area contributed by atoms with Gasteiger partial charge in [0.1, 0.15) is 11.5 Å². The van der Waals surface area contributed by atoms with Gasteiger partial charge in [-0.15, -0.1) is 0 Å². The number of amides is 1. The van der Waals surface area contributed by atoms with E-state index >= 15 is 0 Å². The normalized spacial score (nSPS) is 15.3. The molecule has 1 aromatic heterocycles. The highest BCUT2D eigenvalue weighted by atomic mass is 79.9. The average molecular weight is 501 g/mol. The number of benzene rings is 2. The van der Waals surface area contributed by atoms with E-state index in [2.05, 4.69) is 15.9 Å². The van der Waals surface area contributed by atoms with Crippen LogP contribution in [-0.2, 0) is 4.79 Å². The zero-order chi connectivity index (χ0) is 21.4. The molecule has 0 radical (unpaired) electrons. The predicted molar refractivity (Wildman–Crippen MR) is 125 cm³/mol. The first-order chi connectivity index (χ1) is 14.3. The van der Waals surface area contributed by atoms with Crippen LogP contribution in [0.2, 0.25) is 0 Å². The lowest BCUT2D eigenvalue weighted by Gasteiger charge is -2.13. The Morgan fingerprint density at radius 1 is 1.20 bits per heavy atom. The van der Waals surface area contributed by atoms with Gasteiger partial charge in [0.05, 0.1) is 15.5 Å². The zero-order valence-corrected chi connectivity index (χ0v) is 18.7. The highest BCUT2D eigenvalue weighted by molar-refractivity contribution is 9.10. The number of carbonyl (C=O) groups excluding carboxylic acids is 1. The third kappa shape index (κ3) is 3.96. The predicted octanol–water partition coefficient (Wildman–Crippen LogP) is 6.33.